The summed E-state index contributed by atoms with van der Waals surface area (Å²) in [6.07, 6.45) is 8.01. The van der Waals surface area contributed by atoms with Crippen LogP contribution in [0.3, 0.4) is 0 Å². The zero-order valence-electron chi connectivity index (χ0n) is 14.4. The number of fused-ring (bicyclic) bond motifs is 1. The summed E-state index contributed by atoms with van der Waals surface area (Å²) in [5, 5.41) is 0. The molecule has 1 aromatic carbocycles. The Kier molecular flexibility index (Phi) is 4.08. The van der Waals surface area contributed by atoms with Crippen molar-refractivity contribution >= 4 is 11.6 Å². The zero-order valence-corrected chi connectivity index (χ0v) is 14.4. The summed E-state index contributed by atoms with van der Waals surface area (Å²) in [6, 6.07) is 9.82. The molecule has 0 saturated carbocycles. The average molecular weight is 346 g/mol. The van der Waals surface area contributed by atoms with Crippen LogP contribution in [0.2, 0.25) is 0 Å². The lowest BCUT2D eigenvalue weighted by Crippen LogP contribution is -2.31. The summed E-state index contributed by atoms with van der Waals surface area (Å²) >= 11 is 0. The highest BCUT2D eigenvalue weighted by atomic mass is 16.2. The fraction of sp³-hybridized carbons (Fsp3) is 0.200. The number of amides is 1. The molecule has 0 spiro atoms. The number of anilines is 1. The van der Waals surface area contributed by atoms with Crippen LogP contribution < -0.4 is 10.6 Å². The number of nitrogens with zero attached hydrogens (tertiary/aromatic N) is 4. The Morgan fingerprint density at radius 3 is 2.85 bits per heavy atom. The van der Waals surface area contributed by atoms with E-state index in [1.807, 2.05) is 25.2 Å². The quantitative estimate of drug-likeness (QED) is 0.729. The number of rotatable bonds is 3. The summed E-state index contributed by atoms with van der Waals surface area (Å²) in [7, 11) is 1.82. The van der Waals surface area contributed by atoms with Crippen molar-refractivity contribution in [2.75, 3.05) is 11.9 Å². The molecule has 4 rings (SSSR count). The van der Waals surface area contributed by atoms with Gasteiger partial charge in [0.25, 0.3) is 0 Å². The van der Waals surface area contributed by atoms with Gasteiger partial charge in [0, 0.05) is 49.4 Å². The lowest BCUT2D eigenvalue weighted by atomic mass is 9.94. The van der Waals surface area contributed by atoms with Crippen LogP contribution in [0.4, 0.5) is 5.69 Å². The molecule has 1 amide bonds. The fourth-order valence-corrected chi connectivity index (χ4v) is 3.38. The number of pyridine rings is 1. The molecule has 0 radical (unpaired) electrons. The van der Waals surface area contributed by atoms with Crippen molar-refractivity contribution in [2.24, 2.45) is 0 Å². The Hall–Kier alpha value is -3.28. The first-order valence-electron chi connectivity index (χ1n) is 8.47. The molecule has 0 bridgehead atoms. The van der Waals surface area contributed by atoms with Crippen LogP contribution in [0, 0.1) is 0 Å². The second-order valence-electron chi connectivity index (χ2n) is 6.38. The predicted octanol–water partition coefficient (Wildman–Crippen LogP) is 2.26. The summed E-state index contributed by atoms with van der Waals surface area (Å²) in [5.41, 5.74) is 4.63. The first-order valence-corrected chi connectivity index (χ1v) is 8.47. The Labute approximate surface area is 150 Å². The van der Waals surface area contributed by atoms with Gasteiger partial charge in [-0.05, 0) is 29.7 Å². The van der Waals surface area contributed by atoms with Gasteiger partial charge in [-0.25, -0.2) is 9.78 Å². The molecule has 0 unspecified atom stereocenters. The lowest BCUT2D eigenvalue weighted by Gasteiger charge is -2.28. The van der Waals surface area contributed by atoms with Crippen LogP contribution in [-0.4, -0.2) is 27.5 Å². The van der Waals surface area contributed by atoms with E-state index in [0.29, 0.717) is 13.0 Å². The number of carbonyl (C=O) groups is 1. The molecular weight excluding hydrogens is 328 g/mol. The van der Waals surface area contributed by atoms with Gasteiger partial charge in [-0.3, -0.25) is 14.3 Å². The van der Waals surface area contributed by atoms with Crippen LogP contribution in [-0.2, 0) is 17.8 Å². The summed E-state index contributed by atoms with van der Waals surface area (Å²) in [6.45, 7) is 0.400. The maximum absolute atomic E-state index is 12.2. The number of para-hydroxylation sites is 1. The van der Waals surface area contributed by atoms with Crippen LogP contribution in [0.1, 0.15) is 17.5 Å². The highest BCUT2D eigenvalue weighted by Gasteiger charge is 2.24. The van der Waals surface area contributed by atoms with Gasteiger partial charge < -0.3 is 4.90 Å². The molecule has 3 aromatic rings. The molecule has 0 N–H and O–H groups in total. The van der Waals surface area contributed by atoms with Crippen molar-refractivity contribution in [1.82, 2.24) is 14.5 Å². The number of aromatic nitrogens is 3. The van der Waals surface area contributed by atoms with Gasteiger partial charge in [-0.2, -0.15) is 0 Å². The van der Waals surface area contributed by atoms with Gasteiger partial charge in [0.15, 0.2) is 0 Å². The zero-order chi connectivity index (χ0) is 18.1. The third kappa shape index (κ3) is 2.90. The number of hydrogen-bond acceptors (Lipinski definition) is 4. The van der Waals surface area contributed by atoms with Gasteiger partial charge >= 0.3 is 5.69 Å². The van der Waals surface area contributed by atoms with Crippen molar-refractivity contribution in [3.05, 3.63) is 76.7 Å². The van der Waals surface area contributed by atoms with E-state index in [9.17, 15) is 9.59 Å². The van der Waals surface area contributed by atoms with Gasteiger partial charge in [0.2, 0.25) is 5.91 Å². The smallest absolute Gasteiger partial charge is 0.315 e. The molecule has 130 valence electrons. The fourth-order valence-electron chi connectivity index (χ4n) is 3.38. The van der Waals surface area contributed by atoms with E-state index in [2.05, 4.69) is 16.0 Å². The van der Waals surface area contributed by atoms with E-state index in [4.69, 9.17) is 0 Å². The van der Waals surface area contributed by atoms with Crippen LogP contribution in [0.15, 0.2) is 59.9 Å². The number of benzene rings is 1. The first kappa shape index (κ1) is 16.2. The molecule has 26 heavy (non-hydrogen) atoms. The van der Waals surface area contributed by atoms with Crippen molar-refractivity contribution in [1.29, 1.82) is 0 Å². The standard InChI is InChI=1S/C20H18N4O2/c1-23-18(25)7-6-15-4-2-5-17(19(15)23)16-10-14(11-21-12-16)13-24-9-3-8-22-20(24)26/h2-5,8-12H,6-7,13H2,1H3. The van der Waals surface area contributed by atoms with E-state index in [-0.39, 0.29) is 11.6 Å². The highest BCUT2D eigenvalue weighted by Crippen LogP contribution is 2.37. The van der Waals surface area contributed by atoms with Crippen molar-refractivity contribution < 1.29 is 4.79 Å². The van der Waals surface area contributed by atoms with Gasteiger partial charge in [-0.1, -0.05) is 18.2 Å². The Morgan fingerprint density at radius 1 is 1.12 bits per heavy atom. The molecule has 0 saturated heterocycles. The third-order valence-corrected chi connectivity index (χ3v) is 4.68. The first-order chi connectivity index (χ1) is 12.6. The normalized spacial score (nSPS) is 13.6. The highest BCUT2D eigenvalue weighted by molar-refractivity contribution is 6.00. The lowest BCUT2D eigenvalue weighted by molar-refractivity contribution is -0.118. The van der Waals surface area contributed by atoms with Crippen LogP contribution >= 0.6 is 0 Å². The summed E-state index contributed by atoms with van der Waals surface area (Å²) in [4.78, 5) is 33.8. The Balaban J connectivity index is 1.75. The summed E-state index contributed by atoms with van der Waals surface area (Å²) < 4.78 is 1.54. The largest absolute Gasteiger partial charge is 0.347 e. The molecule has 0 fully saturated rings. The SMILES string of the molecule is CN1C(=O)CCc2cccc(-c3cncc(Cn4cccnc4=O)c3)c21. The third-order valence-electron chi connectivity index (χ3n) is 4.68. The Morgan fingerprint density at radius 2 is 2.00 bits per heavy atom. The van der Waals surface area contributed by atoms with E-state index < -0.39 is 0 Å². The number of hydrogen-bond donors (Lipinski definition) is 0. The maximum Gasteiger partial charge on any atom is 0.347 e. The van der Waals surface area contributed by atoms with E-state index in [1.54, 1.807) is 29.6 Å². The van der Waals surface area contributed by atoms with Crippen molar-refractivity contribution in [2.45, 2.75) is 19.4 Å². The van der Waals surface area contributed by atoms with E-state index in [0.717, 1.165) is 28.8 Å². The molecule has 0 aliphatic carbocycles. The molecule has 0 atom stereocenters. The molecule has 1 aliphatic rings. The molecule has 6 nitrogen and oxygen atoms in total. The molecule has 2 aromatic heterocycles. The topological polar surface area (TPSA) is 68.1 Å². The monoisotopic (exact) mass is 346 g/mol. The number of aryl methyl sites for hydroxylation is 1. The molecule has 6 heteroatoms. The van der Waals surface area contributed by atoms with E-state index in [1.165, 1.54) is 16.3 Å². The minimum atomic E-state index is -0.291. The second kappa shape index (κ2) is 6.55. The average Bonchev–Trinajstić information content (AvgIpc) is 2.66. The van der Waals surface area contributed by atoms with Gasteiger partial charge in [-0.15, -0.1) is 0 Å². The molecule has 1 aliphatic heterocycles. The van der Waals surface area contributed by atoms with Crippen molar-refractivity contribution in [3.8, 4) is 11.1 Å². The maximum atomic E-state index is 12.2. The predicted molar refractivity (Wildman–Crippen MR) is 99.0 cm³/mol. The molecule has 3 heterocycles. The van der Waals surface area contributed by atoms with Gasteiger partial charge in [0.05, 0.1) is 12.2 Å². The number of carbonyl (C=O) groups excluding carboxylic acids is 1. The van der Waals surface area contributed by atoms with Crippen molar-refractivity contribution in [3.63, 3.8) is 0 Å². The summed E-state index contributed by atoms with van der Waals surface area (Å²) in [5.74, 6) is 0.121. The minimum absolute atomic E-state index is 0.121. The Bertz CT molecular complexity index is 1040. The van der Waals surface area contributed by atoms with Gasteiger partial charge in [0.1, 0.15) is 0 Å². The van der Waals surface area contributed by atoms with Crippen LogP contribution in [0.5, 0.6) is 0 Å². The van der Waals surface area contributed by atoms with E-state index >= 15 is 0 Å². The molecular formula is C20H18N4O2. The second-order valence-corrected chi connectivity index (χ2v) is 6.38. The minimum Gasteiger partial charge on any atom is -0.315 e. The van der Waals surface area contributed by atoms with Crippen LogP contribution in [0.25, 0.3) is 11.1 Å².